The Balaban J connectivity index is 1.88. The minimum absolute atomic E-state index is 0.0132. The Morgan fingerprint density at radius 1 is 1.21 bits per heavy atom. The number of hydrogen-bond donors (Lipinski definition) is 2. The molecule has 1 aliphatic rings. The van der Waals surface area contributed by atoms with Gasteiger partial charge in [-0.2, -0.15) is 0 Å². The Bertz CT molecular complexity index is 650. The predicted molar refractivity (Wildman–Crippen MR) is 78.2 cm³/mol. The second-order valence-corrected chi connectivity index (χ2v) is 6.01. The quantitative estimate of drug-likeness (QED) is 0.914. The zero-order valence-electron chi connectivity index (χ0n) is 10.3. The van der Waals surface area contributed by atoms with Crippen LogP contribution in [-0.4, -0.2) is 23.2 Å². The molecule has 0 unspecified atom stereocenters. The molecular weight excluding hydrogens is 306 g/mol. The fourth-order valence-corrected chi connectivity index (χ4v) is 2.52. The van der Waals surface area contributed by atoms with Crippen molar-refractivity contribution in [3.63, 3.8) is 0 Å². The molecule has 1 fully saturated rings. The molecule has 0 bridgehead atoms. The largest absolute Gasteiger partial charge is 0.394 e. The third-order valence-electron chi connectivity index (χ3n) is 3.60. The number of amides is 1. The molecule has 2 N–H and O–H groups in total. The minimum Gasteiger partial charge on any atom is -0.394 e. The maximum absolute atomic E-state index is 12.1. The molecule has 0 atom stereocenters. The smallest absolute Gasteiger partial charge is 0.251 e. The standard InChI is InChI=1S/C15H14BrNO2/c16-13-4-3-10-7-12(2-1-11(10)8-13)14(19)17-15(9-18)5-6-15/h1-4,7-8,18H,5-6,9H2,(H,17,19). The van der Waals surface area contributed by atoms with Crippen LogP contribution in [0.5, 0.6) is 0 Å². The van der Waals surface area contributed by atoms with Gasteiger partial charge in [-0.05, 0) is 47.9 Å². The van der Waals surface area contributed by atoms with Gasteiger partial charge in [0.15, 0.2) is 0 Å². The first-order valence-electron chi connectivity index (χ1n) is 6.25. The Morgan fingerprint density at radius 2 is 1.89 bits per heavy atom. The summed E-state index contributed by atoms with van der Waals surface area (Å²) in [5.41, 5.74) is 0.265. The fraction of sp³-hybridized carbons (Fsp3) is 0.267. The van der Waals surface area contributed by atoms with E-state index in [1.807, 2.05) is 36.4 Å². The second kappa shape index (κ2) is 4.62. The summed E-state index contributed by atoms with van der Waals surface area (Å²) in [4.78, 5) is 12.1. The molecule has 3 nitrogen and oxygen atoms in total. The lowest BCUT2D eigenvalue weighted by Crippen LogP contribution is -2.39. The highest BCUT2D eigenvalue weighted by atomic mass is 79.9. The molecule has 1 amide bonds. The summed E-state index contributed by atoms with van der Waals surface area (Å²) in [6.07, 6.45) is 1.71. The highest BCUT2D eigenvalue weighted by Crippen LogP contribution is 2.35. The van der Waals surface area contributed by atoms with Gasteiger partial charge in [-0.15, -0.1) is 0 Å². The first kappa shape index (κ1) is 12.6. The summed E-state index contributed by atoms with van der Waals surface area (Å²) in [6, 6.07) is 11.6. The first-order chi connectivity index (χ1) is 9.12. The van der Waals surface area contributed by atoms with Crippen molar-refractivity contribution in [2.45, 2.75) is 18.4 Å². The number of halogens is 1. The van der Waals surface area contributed by atoms with Gasteiger partial charge < -0.3 is 10.4 Å². The molecule has 1 saturated carbocycles. The lowest BCUT2D eigenvalue weighted by Gasteiger charge is -2.14. The van der Waals surface area contributed by atoms with Crippen LogP contribution in [0.25, 0.3) is 10.8 Å². The van der Waals surface area contributed by atoms with Crippen LogP contribution < -0.4 is 5.32 Å². The number of nitrogens with one attached hydrogen (secondary N) is 1. The summed E-state index contributed by atoms with van der Waals surface area (Å²) in [6.45, 7) is 0.0132. The van der Waals surface area contributed by atoms with E-state index in [4.69, 9.17) is 0 Å². The highest BCUT2D eigenvalue weighted by molar-refractivity contribution is 9.10. The van der Waals surface area contributed by atoms with Gasteiger partial charge >= 0.3 is 0 Å². The molecule has 2 aromatic carbocycles. The molecule has 0 radical (unpaired) electrons. The van der Waals surface area contributed by atoms with E-state index in [9.17, 15) is 9.90 Å². The van der Waals surface area contributed by atoms with Gasteiger partial charge in [0.2, 0.25) is 0 Å². The third kappa shape index (κ3) is 2.51. The zero-order valence-corrected chi connectivity index (χ0v) is 11.9. The maximum Gasteiger partial charge on any atom is 0.251 e. The number of carbonyl (C=O) groups is 1. The molecule has 0 aliphatic heterocycles. The van der Waals surface area contributed by atoms with Crippen LogP contribution in [0.4, 0.5) is 0 Å². The molecule has 1 aliphatic carbocycles. The predicted octanol–water partition coefficient (Wildman–Crippen LogP) is 2.86. The van der Waals surface area contributed by atoms with Crippen LogP contribution in [0.15, 0.2) is 40.9 Å². The van der Waals surface area contributed by atoms with Crippen LogP contribution in [-0.2, 0) is 0 Å². The lowest BCUT2D eigenvalue weighted by atomic mass is 10.1. The zero-order chi connectivity index (χ0) is 13.5. The highest BCUT2D eigenvalue weighted by Gasteiger charge is 2.43. The normalized spacial score (nSPS) is 16.3. The minimum atomic E-state index is -0.369. The van der Waals surface area contributed by atoms with Gasteiger partial charge in [-0.1, -0.05) is 28.1 Å². The van der Waals surface area contributed by atoms with Crippen LogP contribution in [0.2, 0.25) is 0 Å². The Morgan fingerprint density at radius 3 is 2.58 bits per heavy atom. The van der Waals surface area contributed by atoms with Crippen molar-refractivity contribution >= 4 is 32.6 Å². The van der Waals surface area contributed by atoms with Crippen LogP contribution in [0, 0.1) is 0 Å². The van der Waals surface area contributed by atoms with E-state index in [-0.39, 0.29) is 18.1 Å². The van der Waals surface area contributed by atoms with Gasteiger partial charge in [0.1, 0.15) is 0 Å². The molecule has 4 heteroatoms. The van der Waals surface area contributed by atoms with Crippen molar-refractivity contribution in [3.8, 4) is 0 Å². The van der Waals surface area contributed by atoms with Gasteiger partial charge in [0.25, 0.3) is 5.91 Å². The Kier molecular flexibility index (Phi) is 3.07. The summed E-state index contributed by atoms with van der Waals surface area (Å²) in [5, 5.41) is 14.3. The molecule has 3 rings (SSSR count). The number of fused-ring (bicyclic) bond motifs is 1. The van der Waals surface area contributed by atoms with E-state index in [0.717, 1.165) is 28.1 Å². The van der Waals surface area contributed by atoms with Crippen molar-refractivity contribution in [2.24, 2.45) is 0 Å². The Labute approximate surface area is 119 Å². The number of aliphatic hydroxyl groups excluding tert-OH is 1. The number of rotatable bonds is 3. The molecule has 0 saturated heterocycles. The van der Waals surface area contributed by atoms with Crippen LogP contribution >= 0.6 is 15.9 Å². The van der Waals surface area contributed by atoms with Crippen LogP contribution in [0.1, 0.15) is 23.2 Å². The second-order valence-electron chi connectivity index (χ2n) is 5.10. The van der Waals surface area contributed by atoms with Crippen molar-refractivity contribution in [1.82, 2.24) is 5.32 Å². The summed E-state index contributed by atoms with van der Waals surface area (Å²) < 4.78 is 1.02. The SMILES string of the molecule is O=C(NC1(CO)CC1)c1ccc2cc(Br)ccc2c1. The van der Waals surface area contributed by atoms with Gasteiger partial charge in [-0.25, -0.2) is 0 Å². The topological polar surface area (TPSA) is 49.3 Å². The lowest BCUT2D eigenvalue weighted by molar-refractivity contribution is 0.0907. The number of carbonyl (C=O) groups excluding carboxylic acids is 1. The van der Waals surface area contributed by atoms with E-state index >= 15 is 0 Å². The summed E-state index contributed by atoms with van der Waals surface area (Å²) >= 11 is 3.43. The molecule has 0 heterocycles. The summed E-state index contributed by atoms with van der Waals surface area (Å²) in [5.74, 6) is -0.114. The molecule has 98 valence electrons. The molecule has 19 heavy (non-hydrogen) atoms. The van der Waals surface area contributed by atoms with Gasteiger partial charge in [0.05, 0.1) is 12.1 Å². The van der Waals surface area contributed by atoms with Crippen LogP contribution in [0.3, 0.4) is 0 Å². The number of benzene rings is 2. The van der Waals surface area contributed by atoms with Crippen molar-refractivity contribution in [1.29, 1.82) is 0 Å². The summed E-state index contributed by atoms with van der Waals surface area (Å²) in [7, 11) is 0. The molecule has 0 spiro atoms. The van der Waals surface area contributed by atoms with Crippen molar-refractivity contribution in [2.75, 3.05) is 6.61 Å². The maximum atomic E-state index is 12.1. The number of aliphatic hydroxyl groups is 1. The molecular formula is C15H14BrNO2. The fourth-order valence-electron chi connectivity index (χ4n) is 2.14. The van der Waals surface area contributed by atoms with E-state index in [1.165, 1.54) is 0 Å². The Hall–Kier alpha value is -1.39. The first-order valence-corrected chi connectivity index (χ1v) is 7.04. The third-order valence-corrected chi connectivity index (χ3v) is 4.09. The van der Waals surface area contributed by atoms with E-state index < -0.39 is 0 Å². The van der Waals surface area contributed by atoms with E-state index in [0.29, 0.717) is 5.56 Å². The average molecular weight is 320 g/mol. The monoisotopic (exact) mass is 319 g/mol. The van der Waals surface area contributed by atoms with E-state index in [1.54, 1.807) is 0 Å². The average Bonchev–Trinajstić information content (AvgIpc) is 3.18. The number of hydrogen-bond acceptors (Lipinski definition) is 2. The molecule has 2 aromatic rings. The molecule has 0 aromatic heterocycles. The van der Waals surface area contributed by atoms with Crippen molar-refractivity contribution < 1.29 is 9.90 Å². The van der Waals surface area contributed by atoms with Gasteiger partial charge in [-0.3, -0.25) is 4.79 Å². The van der Waals surface area contributed by atoms with Gasteiger partial charge in [0, 0.05) is 10.0 Å². The van der Waals surface area contributed by atoms with Crippen molar-refractivity contribution in [3.05, 3.63) is 46.4 Å². The van der Waals surface area contributed by atoms with E-state index in [2.05, 4.69) is 21.2 Å².